The van der Waals surface area contributed by atoms with E-state index in [1.807, 2.05) is 13.8 Å². The third kappa shape index (κ3) is 6.79. The van der Waals surface area contributed by atoms with Gasteiger partial charge in [0.2, 0.25) is 0 Å². The van der Waals surface area contributed by atoms with Gasteiger partial charge in [-0.25, -0.2) is 9.48 Å². The van der Waals surface area contributed by atoms with E-state index in [4.69, 9.17) is 21.1 Å². The number of nitrogens with zero attached hydrogens (tertiary/aromatic N) is 2. The lowest BCUT2D eigenvalue weighted by atomic mass is 10.0. The van der Waals surface area contributed by atoms with E-state index in [-0.39, 0.29) is 24.6 Å². The largest absolute Gasteiger partial charge is 0.496 e. The molecule has 0 aliphatic heterocycles. The molecule has 196 valence electrons. The van der Waals surface area contributed by atoms with Crippen LogP contribution in [0, 0.1) is 5.92 Å². The van der Waals surface area contributed by atoms with Gasteiger partial charge in [0.1, 0.15) is 11.5 Å². The lowest BCUT2D eigenvalue weighted by Crippen LogP contribution is -2.40. The Morgan fingerprint density at radius 3 is 2.35 bits per heavy atom. The summed E-state index contributed by atoms with van der Waals surface area (Å²) in [6, 6.07) is 12.8. The van der Waals surface area contributed by atoms with E-state index < -0.39 is 23.9 Å². The van der Waals surface area contributed by atoms with E-state index in [0.29, 0.717) is 33.5 Å². The number of methoxy groups -OCH3 is 2. The second-order valence-electron chi connectivity index (χ2n) is 8.42. The molecule has 3 aromatic rings. The molecule has 37 heavy (non-hydrogen) atoms. The van der Waals surface area contributed by atoms with Gasteiger partial charge in [-0.05, 0) is 48.4 Å². The third-order valence-corrected chi connectivity index (χ3v) is 5.82. The molecular weight excluding hydrogens is 502 g/mol. The average Bonchev–Trinajstić information content (AvgIpc) is 3.31. The minimum absolute atomic E-state index is 0.0470. The molecule has 10 nitrogen and oxygen atoms in total. The predicted molar refractivity (Wildman–Crippen MR) is 136 cm³/mol. The number of ether oxygens (including phenoxy) is 3. The molecule has 11 heteroatoms. The number of halogens is 1. The summed E-state index contributed by atoms with van der Waals surface area (Å²) in [5.41, 5.74) is 1.52. The lowest BCUT2D eigenvalue weighted by Gasteiger charge is -2.19. The summed E-state index contributed by atoms with van der Waals surface area (Å²) in [6.07, 6.45) is -0.230. The summed E-state index contributed by atoms with van der Waals surface area (Å²) in [5, 5.41) is 17.0. The zero-order valence-corrected chi connectivity index (χ0v) is 21.6. The molecule has 0 radical (unpaired) electrons. The molecule has 1 aromatic heterocycles. The molecule has 0 aliphatic rings. The number of rotatable bonds is 11. The molecule has 0 saturated heterocycles. The molecule has 0 aliphatic carbocycles. The van der Waals surface area contributed by atoms with Crippen LogP contribution < -0.4 is 14.8 Å². The molecule has 0 saturated carbocycles. The Hall–Kier alpha value is -4.05. The number of nitrogens with one attached hydrogen (secondary N) is 1. The van der Waals surface area contributed by atoms with E-state index in [9.17, 15) is 19.5 Å². The van der Waals surface area contributed by atoms with E-state index in [2.05, 4.69) is 15.2 Å². The Morgan fingerprint density at radius 2 is 1.76 bits per heavy atom. The van der Waals surface area contributed by atoms with Crippen LogP contribution in [-0.4, -0.2) is 59.6 Å². The number of benzene rings is 2. The van der Waals surface area contributed by atoms with Gasteiger partial charge in [-0.2, -0.15) is 5.10 Å². The first-order chi connectivity index (χ1) is 17.6. The number of amides is 1. The first-order valence-electron chi connectivity index (χ1n) is 11.4. The molecule has 1 unspecified atom stereocenters. The van der Waals surface area contributed by atoms with Crippen molar-refractivity contribution in [3.8, 4) is 28.4 Å². The van der Waals surface area contributed by atoms with Gasteiger partial charge in [-0.3, -0.25) is 9.59 Å². The molecule has 2 aromatic carbocycles. The van der Waals surface area contributed by atoms with Crippen LogP contribution in [0.4, 0.5) is 0 Å². The first-order valence-corrected chi connectivity index (χ1v) is 11.8. The van der Waals surface area contributed by atoms with Crippen molar-refractivity contribution < 1.29 is 33.7 Å². The molecule has 0 bridgehead atoms. The summed E-state index contributed by atoms with van der Waals surface area (Å²) in [7, 11) is 2.74. The van der Waals surface area contributed by atoms with E-state index >= 15 is 0 Å². The van der Waals surface area contributed by atoms with Crippen molar-refractivity contribution in [3.05, 3.63) is 59.2 Å². The number of hydrogen-bond donors (Lipinski definition) is 2. The zero-order chi connectivity index (χ0) is 27.1. The SMILES string of the molecule is COC(=O)COc1cccc(OC)c1-c1cc(C(=O)NC(CC(=O)O)C(C)C)nn1-c1ccc(Cl)cc1. The maximum absolute atomic E-state index is 13.2. The minimum Gasteiger partial charge on any atom is -0.496 e. The highest BCUT2D eigenvalue weighted by Crippen LogP contribution is 2.40. The van der Waals surface area contributed by atoms with Crippen LogP contribution in [0.5, 0.6) is 11.5 Å². The fraction of sp³-hybridized carbons (Fsp3) is 0.308. The number of carbonyl (C=O) groups is 3. The zero-order valence-electron chi connectivity index (χ0n) is 20.9. The van der Waals surface area contributed by atoms with Crippen LogP contribution in [0.25, 0.3) is 16.9 Å². The Morgan fingerprint density at radius 1 is 1.08 bits per heavy atom. The summed E-state index contributed by atoms with van der Waals surface area (Å²) < 4.78 is 17.5. The molecule has 3 rings (SSSR count). The summed E-state index contributed by atoms with van der Waals surface area (Å²) in [5.74, 6) is -1.54. The van der Waals surface area contributed by atoms with Crippen LogP contribution in [-0.2, 0) is 14.3 Å². The van der Waals surface area contributed by atoms with E-state index in [1.165, 1.54) is 18.9 Å². The number of aliphatic carboxylic acids is 1. The Balaban J connectivity index is 2.14. The summed E-state index contributed by atoms with van der Waals surface area (Å²) in [4.78, 5) is 36.2. The number of carbonyl (C=O) groups excluding carboxylic acids is 2. The summed E-state index contributed by atoms with van der Waals surface area (Å²) >= 11 is 6.07. The van der Waals surface area contributed by atoms with E-state index in [0.717, 1.165) is 0 Å². The highest BCUT2D eigenvalue weighted by Gasteiger charge is 2.26. The second kappa shape index (κ2) is 12.3. The van der Waals surface area contributed by atoms with Crippen molar-refractivity contribution in [2.75, 3.05) is 20.8 Å². The number of carboxylic acids is 1. The maximum atomic E-state index is 13.2. The molecule has 1 amide bonds. The van der Waals surface area contributed by atoms with Gasteiger partial charge in [0.15, 0.2) is 12.3 Å². The van der Waals surface area contributed by atoms with Crippen LogP contribution in [0.2, 0.25) is 5.02 Å². The molecule has 2 N–H and O–H groups in total. The smallest absolute Gasteiger partial charge is 0.343 e. The number of hydrogen-bond acceptors (Lipinski definition) is 7. The van der Waals surface area contributed by atoms with Gasteiger partial charge in [0.25, 0.3) is 5.91 Å². The fourth-order valence-corrected chi connectivity index (χ4v) is 3.71. The van der Waals surface area contributed by atoms with Crippen LogP contribution in [0.3, 0.4) is 0 Å². The average molecular weight is 530 g/mol. The molecule has 0 fully saturated rings. The van der Waals surface area contributed by atoms with Crippen molar-refractivity contribution in [2.45, 2.75) is 26.3 Å². The van der Waals surface area contributed by atoms with E-state index in [1.54, 1.807) is 48.5 Å². The van der Waals surface area contributed by atoms with Crippen molar-refractivity contribution in [1.82, 2.24) is 15.1 Å². The van der Waals surface area contributed by atoms with Crippen molar-refractivity contribution in [1.29, 1.82) is 0 Å². The second-order valence-corrected chi connectivity index (χ2v) is 8.86. The number of carboxylic acid groups (broad SMARTS) is 1. The van der Waals surface area contributed by atoms with Crippen LogP contribution >= 0.6 is 11.6 Å². The van der Waals surface area contributed by atoms with Crippen LogP contribution in [0.1, 0.15) is 30.8 Å². The molecule has 1 atom stereocenters. The van der Waals surface area contributed by atoms with Crippen molar-refractivity contribution >= 4 is 29.4 Å². The molecular formula is C26H28ClN3O7. The van der Waals surface area contributed by atoms with Gasteiger partial charge >= 0.3 is 11.9 Å². The van der Waals surface area contributed by atoms with Crippen molar-refractivity contribution in [3.63, 3.8) is 0 Å². The minimum atomic E-state index is -1.02. The molecule has 0 spiro atoms. The van der Waals surface area contributed by atoms with Crippen LogP contribution in [0.15, 0.2) is 48.5 Å². The lowest BCUT2D eigenvalue weighted by molar-refractivity contribution is -0.143. The van der Waals surface area contributed by atoms with Gasteiger partial charge in [-0.15, -0.1) is 0 Å². The Kier molecular flexibility index (Phi) is 9.13. The van der Waals surface area contributed by atoms with Gasteiger partial charge in [0, 0.05) is 11.1 Å². The van der Waals surface area contributed by atoms with Gasteiger partial charge < -0.3 is 24.6 Å². The standard InChI is InChI=1S/C26H28ClN3O7/c1-15(2)18(13-23(31)32)28-26(34)19-12-20(30(29-19)17-10-8-16(27)9-11-17)25-21(35-3)6-5-7-22(25)37-14-24(33)36-4/h5-12,15,18H,13-14H2,1-4H3,(H,28,34)(H,31,32). The maximum Gasteiger partial charge on any atom is 0.343 e. The Bertz CT molecular complexity index is 1270. The first kappa shape index (κ1) is 27.5. The monoisotopic (exact) mass is 529 g/mol. The molecule has 1 heterocycles. The highest BCUT2D eigenvalue weighted by atomic mass is 35.5. The topological polar surface area (TPSA) is 129 Å². The number of aromatic nitrogens is 2. The quantitative estimate of drug-likeness (QED) is 0.357. The normalized spacial score (nSPS) is 11.6. The predicted octanol–water partition coefficient (Wildman–Crippen LogP) is 3.98. The third-order valence-electron chi connectivity index (χ3n) is 5.57. The fourth-order valence-electron chi connectivity index (χ4n) is 3.58. The van der Waals surface area contributed by atoms with Gasteiger partial charge in [-0.1, -0.05) is 31.5 Å². The number of esters is 1. The van der Waals surface area contributed by atoms with Crippen molar-refractivity contribution in [2.24, 2.45) is 5.92 Å². The highest BCUT2D eigenvalue weighted by molar-refractivity contribution is 6.30. The Labute approximate surface area is 219 Å². The van der Waals surface area contributed by atoms with Gasteiger partial charge in [0.05, 0.1) is 37.6 Å². The summed E-state index contributed by atoms with van der Waals surface area (Å²) in [6.45, 7) is 3.31.